The van der Waals surface area contributed by atoms with E-state index in [0.29, 0.717) is 0 Å². The molecule has 0 aliphatic rings. The lowest BCUT2D eigenvalue weighted by Gasteiger charge is -2.33. The second-order valence-electron chi connectivity index (χ2n) is 5.24. The maximum Gasteiger partial charge on any atom is 0.225 e. The number of carbonyl (C=O) groups is 1. The van der Waals surface area contributed by atoms with Crippen molar-refractivity contribution < 1.29 is 13.6 Å². The zero-order valence-corrected chi connectivity index (χ0v) is 12.7. The number of hydrogen-bond donors (Lipinski definition) is 2. The molecule has 3 nitrogen and oxygen atoms in total. The standard InChI is InChI=1S/C14H20F2N2O.ClH/c1-9(2)14(3,8-17)18-13(19)7-10-6-11(15)4-5-12(10)16;/h4-6,9H,7-8,17H2,1-3H3,(H,18,19);1H. The highest BCUT2D eigenvalue weighted by atomic mass is 35.5. The Balaban J connectivity index is 0.00000361. The van der Waals surface area contributed by atoms with E-state index in [2.05, 4.69) is 5.32 Å². The third kappa shape index (κ3) is 4.72. The molecule has 6 heteroatoms. The molecule has 0 aromatic heterocycles. The normalized spacial score (nSPS) is 13.6. The number of nitrogens with one attached hydrogen (secondary N) is 1. The summed E-state index contributed by atoms with van der Waals surface area (Å²) in [5, 5.41) is 2.78. The highest BCUT2D eigenvalue weighted by Crippen LogP contribution is 2.16. The monoisotopic (exact) mass is 306 g/mol. The Labute approximate surface area is 124 Å². The fraction of sp³-hybridized carbons (Fsp3) is 0.500. The van der Waals surface area contributed by atoms with Gasteiger partial charge in [-0.2, -0.15) is 0 Å². The first-order chi connectivity index (χ1) is 8.78. The molecule has 0 heterocycles. The summed E-state index contributed by atoms with van der Waals surface area (Å²) >= 11 is 0. The van der Waals surface area contributed by atoms with Crippen LogP contribution < -0.4 is 11.1 Å². The Morgan fingerprint density at radius 3 is 2.50 bits per heavy atom. The summed E-state index contributed by atoms with van der Waals surface area (Å²) in [6.07, 6.45) is -0.202. The van der Waals surface area contributed by atoms with Crippen LogP contribution in [-0.4, -0.2) is 18.0 Å². The van der Waals surface area contributed by atoms with E-state index in [1.54, 1.807) is 0 Å². The molecule has 0 spiro atoms. The van der Waals surface area contributed by atoms with Crippen LogP contribution in [0.5, 0.6) is 0 Å². The molecule has 0 aliphatic carbocycles. The lowest BCUT2D eigenvalue weighted by Crippen LogP contribution is -2.55. The topological polar surface area (TPSA) is 55.1 Å². The molecule has 0 bridgehead atoms. The van der Waals surface area contributed by atoms with Crippen molar-refractivity contribution in [1.29, 1.82) is 0 Å². The minimum absolute atomic E-state index is 0. The fourth-order valence-corrected chi connectivity index (χ4v) is 1.65. The highest BCUT2D eigenvalue weighted by molar-refractivity contribution is 5.85. The van der Waals surface area contributed by atoms with Crippen molar-refractivity contribution >= 4 is 18.3 Å². The third-order valence-electron chi connectivity index (χ3n) is 3.48. The smallest absolute Gasteiger partial charge is 0.225 e. The van der Waals surface area contributed by atoms with Gasteiger partial charge in [0.1, 0.15) is 11.6 Å². The number of nitrogens with two attached hydrogens (primary N) is 1. The van der Waals surface area contributed by atoms with Crippen LogP contribution in [0, 0.1) is 17.6 Å². The van der Waals surface area contributed by atoms with Gasteiger partial charge < -0.3 is 11.1 Å². The van der Waals surface area contributed by atoms with Crippen LogP contribution in [0.4, 0.5) is 8.78 Å². The Morgan fingerprint density at radius 1 is 1.40 bits per heavy atom. The zero-order valence-electron chi connectivity index (χ0n) is 11.9. The van der Waals surface area contributed by atoms with Crippen molar-refractivity contribution in [2.45, 2.75) is 32.7 Å². The number of carbonyl (C=O) groups excluding carboxylic acids is 1. The summed E-state index contributed by atoms with van der Waals surface area (Å²) in [5.41, 5.74) is 5.14. The van der Waals surface area contributed by atoms with Crippen molar-refractivity contribution in [1.82, 2.24) is 5.32 Å². The average molecular weight is 307 g/mol. The molecule has 3 N–H and O–H groups in total. The molecule has 0 aliphatic heterocycles. The van der Waals surface area contributed by atoms with Crippen molar-refractivity contribution in [3.63, 3.8) is 0 Å². The number of benzene rings is 1. The first-order valence-electron chi connectivity index (χ1n) is 6.23. The van der Waals surface area contributed by atoms with E-state index in [-0.39, 0.29) is 42.8 Å². The Morgan fingerprint density at radius 2 is 2.00 bits per heavy atom. The van der Waals surface area contributed by atoms with Crippen molar-refractivity contribution in [2.75, 3.05) is 6.54 Å². The molecule has 0 saturated carbocycles. The lowest BCUT2D eigenvalue weighted by molar-refractivity contribution is -0.122. The Hall–Kier alpha value is -1.20. The van der Waals surface area contributed by atoms with Crippen LogP contribution >= 0.6 is 12.4 Å². The summed E-state index contributed by atoms with van der Waals surface area (Å²) in [5.74, 6) is -1.38. The van der Waals surface area contributed by atoms with Crippen LogP contribution in [0.15, 0.2) is 18.2 Å². The first-order valence-corrected chi connectivity index (χ1v) is 6.23. The second-order valence-corrected chi connectivity index (χ2v) is 5.24. The van der Waals surface area contributed by atoms with Gasteiger partial charge >= 0.3 is 0 Å². The number of halogens is 3. The molecule has 1 atom stereocenters. The van der Waals surface area contributed by atoms with Gasteiger partial charge in [-0.3, -0.25) is 4.79 Å². The SMILES string of the molecule is CC(C)C(C)(CN)NC(=O)Cc1cc(F)ccc1F.Cl. The van der Waals surface area contributed by atoms with Crippen molar-refractivity contribution in [3.8, 4) is 0 Å². The minimum Gasteiger partial charge on any atom is -0.349 e. The van der Waals surface area contributed by atoms with Gasteiger partial charge in [0.2, 0.25) is 5.91 Å². The molecule has 20 heavy (non-hydrogen) atoms. The molecule has 0 saturated heterocycles. The summed E-state index contributed by atoms with van der Waals surface area (Å²) < 4.78 is 26.4. The molecule has 1 aromatic carbocycles. The quantitative estimate of drug-likeness (QED) is 0.878. The largest absolute Gasteiger partial charge is 0.349 e. The average Bonchev–Trinajstić information content (AvgIpc) is 2.33. The van der Waals surface area contributed by atoms with Crippen LogP contribution in [0.3, 0.4) is 0 Å². The lowest BCUT2D eigenvalue weighted by atomic mass is 9.88. The van der Waals surface area contributed by atoms with Crippen LogP contribution in [-0.2, 0) is 11.2 Å². The fourth-order valence-electron chi connectivity index (χ4n) is 1.65. The number of rotatable bonds is 5. The Kier molecular flexibility index (Phi) is 7.09. The van der Waals surface area contributed by atoms with Gasteiger partial charge in [0, 0.05) is 12.1 Å². The van der Waals surface area contributed by atoms with E-state index in [0.717, 1.165) is 18.2 Å². The maximum absolute atomic E-state index is 13.4. The minimum atomic E-state index is -0.587. The summed E-state index contributed by atoms with van der Waals surface area (Å²) in [6, 6.07) is 3.07. The van der Waals surface area contributed by atoms with E-state index in [9.17, 15) is 13.6 Å². The number of amides is 1. The second kappa shape index (κ2) is 7.55. The molecule has 114 valence electrons. The van der Waals surface area contributed by atoms with Crippen LogP contribution in [0.2, 0.25) is 0 Å². The highest BCUT2D eigenvalue weighted by Gasteiger charge is 2.28. The molecular formula is C14H21ClF2N2O. The molecule has 1 rings (SSSR count). The van der Waals surface area contributed by atoms with Gasteiger partial charge in [-0.1, -0.05) is 13.8 Å². The predicted molar refractivity (Wildman–Crippen MR) is 77.8 cm³/mol. The zero-order chi connectivity index (χ0) is 14.6. The van der Waals surface area contributed by atoms with E-state index in [1.165, 1.54) is 0 Å². The summed E-state index contributed by atoms with van der Waals surface area (Å²) in [6.45, 7) is 5.99. The van der Waals surface area contributed by atoms with Crippen molar-refractivity contribution in [2.24, 2.45) is 11.7 Å². The van der Waals surface area contributed by atoms with E-state index in [4.69, 9.17) is 5.73 Å². The molecule has 1 aromatic rings. The van der Waals surface area contributed by atoms with Crippen molar-refractivity contribution in [3.05, 3.63) is 35.4 Å². The van der Waals surface area contributed by atoms with Crippen LogP contribution in [0.25, 0.3) is 0 Å². The maximum atomic E-state index is 13.4. The van der Waals surface area contributed by atoms with Gasteiger partial charge in [0.25, 0.3) is 0 Å². The van der Waals surface area contributed by atoms with E-state index >= 15 is 0 Å². The van der Waals surface area contributed by atoms with E-state index < -0.39 is 17.2 Å². The van der Waals surface area contributed by atoms with Gasteiger partial charge in [-0.05, 0) is 31.0 Å². The molecular weight excluding hydrogens is 286 g/mol. The van der Waals surface area contributed by atoms with Gasteiger partial charge in [-0.15, -0.1) is 12.4 Å². The van der Waals surface area contributed by atoms with Gasteiger partial charge in [-0.25, -0.2) is 8.78 Å². The summed E-state index contributed by atoms with van der Waals surface area (Å²) in [4.78, 5) is 11.9. The Bertz CT molecular complexity index is 468. The van der Waals surface area contributed by atoms with Gasteiger partial charge in [0.15, 0.2) is 0 Å². The van der Waals surface area contributed by atoms with Gasteiger partial charge in [0.05, 0.1) is 12.0 Å². The van der Waals surface area contributed by atoms with Crippen LogP contribution in [0.1, 0.15) is 26.3 Å². The predicted octanol–water partition coefficient (Wildman–Crippen LogP) is 2.42. The number of hydrogen-bond acceptors (Lipinski definition) is 2. The molecule has 1 unspecified atom stereocenters. The molecule has 1 amide bonds. The third-order valence-corrected chi connectivity index (χ3v) is 3.48. The molecule has 0 fully saturated rings. The summed E-state index contributed by atoms with van der Waals surface area (Å²) in [7, 11) is 0. The first kappa shape index (κ1) is 18.8. The van der Waals surface area contributed by atoms with E-state index in [1.807, 2.05) is 20.8 Å². The molecule has 0 radical (unpaired) electrons.